The lowest BCUT2D eigenvalue weighted by atomic mass is 9.99. The summed E-state index contributed by atoms with van der Waals surface area (Å²) in [5, 5.41) is 0. The Balaban J connectivity index is 2.79. The van der Waals surface area contributed by atoms with Crippen molar-refractivity contribution < 1.29 is 4.79 Å². The van der Waals surface area contributed by atoms with Gasteiger partial charge in [-0.2, -0.15) is 0 Å². The van der Waals surface area contributed by atoms with E-state index in [4.69, 9.17) is 0 Å². The van der Waals surface area contributed by atoms with E-state index >= 15 is 0 Å². The van der Waals surface area contributed by atoms with Gasteiger partial charge in [-0.25, -0.2) is 0 Å². The van der Waals surface area contributed by atoms with E-state index in [2.05, 4.69) is 4.98 Å². The van der Waals surface area contributed by atoms with Crippen molar-refractivity contribution in [3.8, 4) is 0 Å². The first-order valence-corrected chi connectivity index (χ1v) is 4.20. The van der Waals surface area contributed by atoms with Crippen molar-refractivity contribution in [2.24, 2.45) is 5.92 Å². The second kappa shape index (κ2) is 4.00. The van der Waals surface area contributed by atoms with Crippen molar-refractivity contribution in [3.63, 3.8) is 0 Å². The molecule has 0 amide bonds. The SMILES string of the molecule is CCC(C)C(=O)c1cccnc1. The van der Waals surface area contributed by atoms with E-state index in [1.54, 1.807) is 18.5 Å². The molecule has 1 rings (SSSR count). The number of carbonyl (C=O) groups excluding carboxylic acids is 1. The summed E-state index contributed by atoms with van der Waals surface area (Å²) in [4.78, 5) is 15.4. The standard InChI is InChI=1S/C10H13NO/c1-3-8(2)10(12)9-5-4-6-11-7-9/h4-8H,3H2,1-2H3. The van der Waals surface area contributed by atoms with Crippen molar-refractivity contribution in [1.29, 1.82) is 0 Å². The Bertz CT molecular complexity index is 256. The highest BCUT2D eigenvalue weighted by Gasteiger charge is 2.12. The number of pyridine rings is 1. The largest absolute Gasteiger partial charge is 0.294 e. The fourth-order valence-corrected chi connectivity index (χ4v) is 0.978. The Morgan fingerprint density at radius 3 is 2.92 bits per heavy atom. The van der Waals surface area contributed by atoms with Gasteiger partial charge in [0.2, 0.25) is 0 Å². The number of Topliss-reactive ketones (excluding diaryl/α,β-unsaturated/α-hetero) is 1. The molecule has 0 spiro atoms. The maximum atomic E-state index is 11.5. The molecule has 1 aromatic heterocycles. The van der Waals surface area contributed by atoms with E-state index < -0.39 is 0 Å². The van der Waals surface area contributed by atoms with Crippen LogP contribution in [0.4, 0.5) is 0 Å². The van der Waals surface area contributed by atoms with Gasteiger partial charge in [0.25, 0.3) is 0 Å². The maximum absolute atomic E-state index is 11.5. The molecule has 64 valence electrons. The summed E-state index contributed by atoms with van der Waals surface area (Å²) >= 11 is 0. The summed E-state index contributed by atoms with van der Waals surface area (Å²) in [6, 6.07) is 3.59. The van der Waals surface area contributed by atoms with Crippen LogP contribution in [0.25, 0.3) is 0 Å². The summed E-state index contributed by atoms with van der Waals surface area (Å²) in [5.74, 6) is 0.291. The second-order valence-electron chi connectivity index (χ2n) is 2.92. The minimum absolute atomic E-state index is 0.106. The Morgan fingerprint density at radius 1 is 1.67 bits per heavy atom. The molecule has 2 nitrogen and oxygen atoms in total. The van der Waals surface area contributed by atoms with Crippen molar-refractivity contribution in [2.75, 3.05) is 0 Å². The van der Waals surface area contributed by atoms with Crippen molar-refractivity contribution in [3.05, 3.63) is 30.1 Å². The molecule has 1 heterocycles. The zero-order chi connectivity index (χ0) is 8.97. The van der Waals surface area contributed by atoms with Gasteiger partial charge in [0, 0.05) is 23.9 Å². The summed E-state index contributed by atoms with van der Waals surface area (Å²) in [5.41, 5.74) is 0.715. The minimum atomic E-state index is 0.106. The third-order valence-electron chi connectivity index (χ3n) is 2.01. The second-order valence-corrected chi connectivity index (χ2v) is 2.92. The van der Waals surface area contributed by atoms with E-state index in [1.807, 2.05) is 19.9 Å². The van der Waals surface area contributed by atoms with Crippen LogP contribution in [-0.4, -0.2) is 10.8 Å². The zero-order valence-corrected chi connectivity index (χ0v) is 7.45. The van der Waals surface area contributed by atoms with Crippen LogP contribution in [0, 0.1) is 5.92 Å². The number of aromatic nitrogens is 1. The molecule has 0 radical (unpaired) electrons. The molecular formula is C10H13NO. The predicted molar refractivity (Wildman–Crippen MR) is 48.0 cm³/mol. The fourth-order valence-electron chi connectivity index (χ4n) is 0.978. The Kier molecular flexibility index (Phi) is 2.97. The normalized spacial score (nSPS) is 12.5. The molecular weight excluding hydrogens is 150 g/mol. The molecule has 0 aromatic carbocycles. The topological polar surface area (TPSA) is 30.0 Å². The van der Waals surface area contributed by atoms with E-state index in [0.717, 1.165) is 6.42 Å². The molecule has 0 aliphatic carbocycles. The molecule has 12 heavy (non-hydrogen) atoms. The van der Waals surface area contributed by atoms with Crippen LogP contribution < -0.4 is 0 Å². The van der Waals surface area contributed by atoms with E-state index in [1.165, 1.54) is 0 Å². The van der Waals surface area contributed by atoms with Gasteiger partial charge in [-0.3, -0.25) is 9.78 Å². The number of hydrogen-bond acceptors (Lipinski definition) is 2. The molecule has 0 saturated heterocycles. The number of rotatable bonds is 3. The number of nitrogens with zero attached hydrogens (tertiary/aromatic N) is 1. The Hall–Kier alpha value is -1.18. The molecule has 0 bridgehead atoms. The van der Waals surface area contributed by atoms with Gasteiger partial charge < -0.3 is 0 Å². The fraction of sp³-hybridized carbons (Fsp3) is 0.400. The monoisotopic (exact) mass is 163 g/mol. The molecule has 0 saturated carbocycles. The van der Waals surface area contributed by atoms with Crippen LogP contribution in [0.3, 0.4) is 0 Å². The molecule has 0 aliphatic rings. The van der Waals surface area contributed by atoms with Gasteiger partial charge in [0.05, 0.1) is 0 Å². The molecule has 1 unspecified atom stereocenters. The van der Waals surface area contributed by atoms with Crippen molar-refractivity contribution >= 4 is 5.78 Å². The quantitative estimate of drug-likeness (QED) is 0.640. The summed E-state index contributed by atoms with van der Waals surface area (Å²) in [6.07, 6.45) is 4.18. The molecule has 0 N–H and O–H groups in total. The van der Waals surface area contributed by atoms with Gasteiger partial charge in [0.15, 0.2) is 5.78 Å². The highest BCUT2D eigenvalue weighted by atomic mass is 16.1. The lowest BCUT2D eigenvalue weighted by molar-refractivity contribution is 0.0927. The average molecular weight is 163 g/mol. The van der Waals surface area contributed by atoms with Crippen molar-refractivity contribution in [1.82, 2.24) is 4.98 Å². The highest BCUT2D eigenvalue weighted by molar-refractivity contribution is 5.97. The lowest BCUT2D eigenvalue weighted by Crippen LogP contribution is -2.09. The number of ketones is 1. The van der Waals surface area contributed by atoms with Crippen LogP contribution in [0.1, 0.15) is 30.6 Å². The van der Waals surface area contributed by atoms with Crippen LogP contribution in [0.5, 0.6) is 0 Å². The zero-order valence-electron chi connectivity index (χ0n) is 7.45. The minimum Gasteiger partial charge on any atom is -0.294 e. The smallest absolute Gasteiger partial charge is 0.167 e. The predicted octanol–water partition coefficient (Wildman–Crippen LogP) is 2.31. The van der Waals surface area contributed by atoms with Gasteiger partial charge in [-0.15, -0.1) is 0 Å². The van der Waals surface area contributed by atoms with Gasteiger partial charge >= 0.3 is 0 Å². The molecule has 1 aromatic rings. The van der Waals surface area contributed by atoms with Crippen LogP contribution in [-0.2, 0) is 0 Å². The summed E-state index contributed by atoms with van der Waals surface area (Å²) in [6.45, 7) is 3.95. The first kappa shape index (κ1) is 8.91. The first-order chi connectivity index (χ1) is 5.75. The van der Waals surface area contributed by atoms with Gasteiger partial charge in [0.1, 0.15) is 0 Å². The van der Waals surface area contributed by atoms with Crippen LogP contribution in [0.15, 0.2) is 24.5 Å². The van der Waals surface area contributed by atoms with Gasteiger partial charge in [-0.05, 0) is 18.6 Å². The molecule has 0 aliphatic heterocycles. The molecule has 1 atom stereocenters. The molecule has 0 fully saturated rings. The van der Waals surface area contributed by atoms with Crippen molar-refractivity contribution in [2.45, 2.75) is 20.3 Å². The van der Waals surface area contributed by atoms with E-state index in [9.17, 15) is 4.79 Å². The van der Waals surface area contributed by atoms with Gasteiger partial charge in [-0.1, -0.05) is 13.8 Å². The summed E-state index contributed by atoms with van der Waals surface area (Å²) in [7, 11) is 0. The van der Waals surface area contributed by atoms with E-state index in [0.29, 0.717) is 5.56 Å². The lowest BCUT2D eigenvalue weighted by Gasteiger charge is -2.05. The molecule has 2 heteroatoms. The third kappa shape index (κ3) is 1.91. The summed E-state index contributed by atoms with van der Waals surface area (Å²) < 4.78 is 0. The Labute approximate surface area is 72.6 Å². The number of carbonyl (C=O) groups is 1. The average Bonchev–Trinajstić information content (AvgIpc) is 2.17. The third-order valence-corrected chi connectivity index (χ3v) is 2.01. The first-order valence-electron chi connectivity index (χ1n) is 4.20. The van der Waals surface area contributed by atoms with Crippen LogP contribution in [0.2, 0.25) is 0 Å². The van der Waals surface area contributed by atoms with E-state index in [-0.39, 0.29) is 11.7 Å². The Morgan fingerprint density at radius 2 is 2.42 bits per heavy atom. The highest BCUT2D eigenvalue weighted by Crippen LogP contribution is 2.09. The maximum Gasteiger partial charge on any atom is 0.167 e. The number of hydrogen-bond donors (Lipinski definition) is 0. The van der Waals surface area contributed by atoms with Crippen LogP contribution >= 0.6 is 0 Å².